The number of para-hydroxylation sites is 1. The highest BCUT2D eigenvalue weighted by molar-refractivity contribution is 5.98. The Kier molecular flexibility index (Phi) is 5.88. The summed E-state index contributed by atoms with van der Waals surface area (Å²) in [4.78, 5) is 43.8. The van der Waals surface area contributed by atoms with Crippen LogP contribution in [0.5, 0.6) is 0 Å². The van der Waals surface area contributed by atoms with Crippen molar-refractivity contribution < 1.29 is 14.7 Å². The van der Waals surface area contributed by atoms with E-state index < -0.39 is 6.09 Å². The molecule has 3 aromatic rings. The second kappa shape index (κ2) is 9.01. The molecule has 1 aromatic carbocycles. The van der Waals surface area contributed by atoms with Crippen LogP contribution in [0.15, 0.2) is 36.5 Å². The Morgan fingerprint density at radius 2 is 2.03 bits per heavy atom. The Bertz CT molecular complexity index is 1300. The van der Waals surface area contributed by atoms with Crippen molar-refractivity contribution in [3.63, 3.8) is 0 Å². The van der Waals surface area contributed by atoms with Gasteiger partial charge in [0.1, 0.15) is 11.5 Å². The summed E-state index contributed by atoms with van der Waals surface area (Å²) in [6, 6.07) is 9.89. The van der Waals surface area contributed by atoms with Crippen molar-refractivity contribution in [3.05, 3.63) is 53.3 Å². The van der Waals surface area contributed by atoms with E-state index in [1.165, 1.54) is 4.90 Å². The van der Waals surface area contributed by atoms with Gasteiger partial charge in [-0.25, -0.2) is 9.78 Å². The molecule has 1 saturated heterocycles. The van der Waals surface area contributed by atoms with E-state index >= 15 is 0 Å². The Balaban J connectivity index is 1.45. The van der Waals surface area contributed by atoms with Crippen LogP contribution >= 0.6 is 0 Å². The van der Waals surface area contributed by atoms with Gasteiger partial charge in [0.2, 0.25) is 5.95 Å². The molecule has 0 radical (unpaired) electrons. The van der Waals surface area contributed by atoms with Crippen molar-refractivity contribution >= 4 is 34.7 Å². The number of aromatic nitrogens is 3. The summed E-state index contributed by atoms with van der Waals surface area (Å²) in [6.45, 7) is 8.07. The zero-order valence-corrected chi connectivity index (χ0v) is 20.1. The van der Waals surface area contributed by atoms with Crippen LogP contribution in [0, 0.1) is 0 Å². The van der Waals surface area contributed by atoms with Crippen LogP contribution in [-0.2, 0) is 13.1 Å². The van der Waals surface area contributed by atoms with Gasteiger partial charge in [-0.1, -0.05) is 18.2 Å². The van der Waals surface area contributed by atoms with Crippen molar-refractivity contribution in [2.45, 2.75) is 45.9 Å². The van der Waals surface area contributed by atoms with Crippen LogP contribution < -0.4 is 10.2 Å². The molecule has 0 aliphatic carbocycles. The highest BCUT2D eigenvalue weighted by Gasteiger charge is 2.36. The Morgan fingerprint density at radius 3 is 2.77 bits per heavy atom. The lowest BCUT2D eigenvalue weighted by molar-refractivity contribution is 0.0726. The molecule has 182 valence electrons. The van der Waals surface area contributed by atoms with Crippen molar-refractivity contribution in [1.82, 2.24) is 24.8 Å². The lowest BCUT2D eigenvalue weighted by atomic mass is 10.1. The smallest absolute Gasteiger partial charge is 0.407 e. The molecule has 2 aliphatic heterocycles. The molecule has 5 rings (SSSR count). The predicted octanol–water partition coefficient (Wildman–Crippen LogP) is 3.19. The number of anilines is 2. The summed E-state index contributed by atoms with van der Waals surface area (Å²) in [5, 5.41) is 13.9. The number of carboxylic acid groups (broad SMARTS) is 1. The largest absolute Gasteiger partial charge is 0.465 e. The molecular weight excluding hydrogens is 446 g/mol. The van der Waals surface area contributed by atoms with Gasteiger partial charge >= 0.3 is 6.09 Å². The van der Waals surface area contributed by atoms with Gasteiger partial charge in [-0.15, -0.1) is 0 Å². The van der Waals surface area contributed by atoms with Gasteiger partial charge in [-0.3, -0.25) is 9.78 Å². The van der Waals surface area contributed by atoms with Crippen LogP contribution in [0.3, 0.4) is 0 Å². The van der Waals surface area contributed by atoms with Crippen molar-refractivity contribution in [2.24, 2.45) is 0 Å². The minimum atomic E-state index is -0.930. The minimum Gasteiger partial charge on any atom is -0.465 e. The van der Waals surface area contributed by atoms with Crippen LogP contribution in [0.2, 0.25) is 0 Å². The van der Waals surface area contributed by atoms with Gasteiger partial charge in [0.05, 0.1) is 12.1 Å². The molecule has 1 unspecified atom stereocenters. The first kappa shape index (κ1) is 22.8. The highest BCUT2D eigenvalue weighted by Crippen LogP contribution is 2.31. The number of rotatable bonds is 5. The molecule has 2 amide bonds. The first-order valence-corrected chi connectivity index (χ1v) is 11.9. The van der Waals surface area contributed by atoms with Gasteiger partial charge < -0.3 is 25.1 Å². The first-order chi connectivity index (χ1) is 16.8. The second-order valence-corrected chi connectivity index (χ2v) is 9.39. The van der Waals surface area contributed by atoms with Crippen molar-refractivity contribution in [1.29, 1.82) is 0 Å². The normalized spacial score (nSPS) is 17.9. The fourth-order valence-corrected chi connectivity index (χ4v) is 4.70. The van der Waals surface area contributed by atoms with E-state index in [0.29, 0.717) is 50.2 Å². The molecule has 1 fully saturated rings. The number of carbonyl (C=O) groups excluding carboxylic acids is 1. The third kappa shape index (κ3) is 4.31. The number of hydrogen-bond acceptors (Lipinski definition) is 7. The SMILES string of the molecule is CC(C)N1Cc2c(NCc3cnc4ccccc4c3)nc(N3CCN(C(=O)O)C(C)C3)nc2C1=O. The minimum absolute atomic E-state index is 0.0387. The molecule has 1 atom stereocenters. The fourth-order valence-electron chi connectivity index (χ4n) is 4.70. The summed E-state index contributed by atoms with van der Waals surface area (Å²) in [5.41, 5.74) is 3.15. The van der Waals surface area contributed by atoms with Crippen LogP contribution in [0.25, 0.3) is 10.9 Å². The number of pyridine rings is 1. The molecule has 10 nitrogen and oxygen atoms in total. The van der Waals surface area contributed by atoms with E-state index in [2.05, 4.69) is 21.4 Å². The molecule has 2 aliphatic rings. The molecule has 2 aromatic heterocycles. The summed E-state index contributed by atoms with van der Waals surface area (Å²) < 4.78 is 0. The van der Waals surface area contributed by atoms with Crippen LogP contribution in [0.4, 0.5) is 16.6 Å². The zero-order valence-electron chi connectivity index (χ0n) is 20.1. The number of amides is 2. The van der Waals surface area contributed by atoms with E-state index in [-0.39, 0.29) is 18.0 Å². The molecule has 0 spiro atoms. The summed E-state index contributed by atoms with van der Waals surface area (Å²) in [7, 11) is 0. The lowest BCUT2D eigenvalue weighted by Gasteiger charge is -2.38. The number of benzene rings is 1. The maximum Gasteiger partial charge on any atom is 0.407 e. The van der Waals surface area contributed by atoms with E-state index in [1.807, 2.05) is 56.1 Å². The Hall–Kier alpha value is -3.95. The average molecular weight is 476 g/mol. The van der Waals surface area contributed by atoms with E-state index in [0.717, 1.165) is 22.0 Å². The van der Waals surface area contributed by atoms with Gasteiger partial charge in [-0.2, -0.15) is 4.98 Å². The molecule has 2 N–H and O–H groups in total. The van der Waals surface area contributed by atoms with Crippen LogP contribution in [0.1, 0.15) is 42.4 Å². The second-order valence-electron chi connectivity index (χ2n) is 9.39. The van der Waals surface area contributed by atoms with Crippen LogP contribution in [-0.4, -0.2) is 73.6 Å². The van der Waals surface area contributed by atoms with Crippen molar-refractivity contribution in [2.75, 3.05) is 29.9 Å². The first-order valence-electron chi connectivity index (χ1n) is 11.9. The van der Waals surface area contributed by atoms with E-state index in [9.17, 15) is 14.7 Å². The quantitative estimate of drug-likeness (QED) is 0.578. The van der Waals surface area contributed by atoms with Gasteiger partial charge in [0, 0.05) is 55.4 Å². The van der Waals surface area contributed by atoms with E-state index in [4.69, 9.17) is 4.98 Å². The number of piperazine rings is 1. The van der Waals surface area contributed by atoms with Gasteiger partial charge in [0.15, 0.2) is 0 Å². The number of nitrogens with zero attached hydrogens (tertiary/aromatic N) is 6. The Morgan fingerprint density at radius 1 is 1.23 bits per heavy atom. The van der Waals surface area contributed by atoms with Crippen molar-refractivity contribution in [3.8, 4) is 0 Å². The number of hydrogen-bond donors (Lipinski definition) is 2. The van der Waals surface area contributed by atoms with E-state index in [1.54, 1.807) is 4.90 Å². The molecule has 10 heteroatoms. The molecular formula is C25H29N7O3. The lowest BCUT2D eigenvalue weighted by Crippen LogP contribution is -2.54. The van der Waals surface area contributed by atoms with Gasteiger partial charge in [-0.05, 0) is 38.5 Å². The monoisotopic (exact) mass is 475 g/mol. The summed E-state index contributed by atoms with van der Waals surface area (Å²) in [6.07, 6.45) is 0.914. The number of carbonyl (C=O) groups is 2. The number of fused-ring (bicyclic) bond motifs is 2. The third-order valence-corrected chi connectivity index (χ3v) is 6.67. The fraction of sp³-hybridized carbons (Fsp3) is 0.400. The maximum atomic E-state index is 13.1. The summed E-state index contributed by atoms with van der Waals surface area (Å²) in [5.74, 6) is 0.966. The molecule has 35 heavy (non-hydrogen) atoms. The highest BCUT2D eigenvalue weighted by atomic mass is 16.4. The average Bonchev–Trinajstić information content (AvgIpc) is 3.19. The summed E-state index contributed by atoms with van der Waals surface area (Å²) >= 11 is 0. The number of nitrogens with one attached hydrogen (secondary N) is 1. The molecule has 4 heterocycles. The Labute approximate surface area is 203 Å². The topological polar surface area (TPSA) is 115 Å². The molecule has 0 saturated carbocycles. The predicted molar refractivity (Wildman–Crippen MR) is 133 cm³/mol. The standard InChI is InChI=1S/C25H29N7O3/c1-15(2)32-14-19-21(23(32)33)28-24(30-8-9-31(25(34)35)16(3)13-30)29-22(19)27-12-17-10-18-6-4-5-7-20(18)26-11-17/h4-7,10-11,15-16H,8-9,12-14H2,1-3H3,(H,34,35)(H,27,28,29). The zero-order chi connectivity index (χ0) is 24.7. The molecule has 0 bridgehead atoms. The third-order valence-electron chi connectivity index (χ3n) is 6.67. The maximum absolute atomic E-state index is 13.1. The van der Waals surface area contributed by atoms with Gasteiger partial charge in [0.25, 0.3) is 5.91 Å².